The van der Waals surface area contributed by atoms with E-state index in [9.17, 15) is 9.59 Å². The summed E-state index contributed by atoms with van der Waals surface area (Å²) in [6.45, 7) is 4.90. The van der Waals surface area contributed by atoms with E-state index >= 15 is 0 Å². The van der Waals surface area contributed by atoms with Crippen LogP contribution in [0.4, 0.5) is 0 Å². The summed E-state index contributed by atoms with van der Waals surface area (Å²) in [4.78, 5) is 22.4. The molecule has 1 fully saturated rings. The number of hydrogen-bond acceptors (Lipinski definition) is 4. The van der Waals surface area contributed by atoms with Gasteiger partial charge in [0.15, 0.2) is 0 Å². The number of benzene rings is 1. The average molecular weight is 290 g/mol. The molecule has 1 saturated carbocycles. The Labute approximate surface area is 125 Å². The summed E-state index contributed by atoms with van der Waals surface area (Å²) in [7, 11) is 0. The minimum atomic E-state index is -0.285. The molecule has 0 spiro atoms. The van der Waals surface area contributed by atoms with E-state index in [4.69, 9.17) is 9.47 Å². The molecule has 1 aromatic rings. The van der Waals surface area contributed by atoms with Crippen LogP contribution in [0.3, 0.4) is 0 Å². The number of rotatable bonds is 3. The van der Waals surface area contributed by atoms with Crippen molar-refractivity contribution < 1.29 is 19.1 Å². The maximum absolute atomic E-state index is 11.2. The van der Waals surface area contributed by atoms with Crippen molar-refractivity contribution in [1.82, 2.24) is 0 Å². The van der Waals surface area contributed by atoms with Crippen LogP contribution in [-0.4, -0.2) is 24.1 Å². The van der Waals surface area contributed by atoms with Crippen molar-refractivity contribution in [3.63, 3.8) is 0 Å². The molecule has 114 valence electrons. The molecule has 0 aromatic heterocycles. The van der Waals surface area contributed by atoms with Gasteiger partial charge in [0, 0.05) is 20.3 Å². The first-order chi connectivity index (χ1) is 9.95. The lowest BCUT2D eigenvalue weighted by Gasteiger charge is -2.34. The van der Waals surface area contributed by atoms with Crippen molar-refractivity contribution in [2.45, 2.75) is 58.2 Å². The third kappa shape index (κ3) is 4.31. The molecule has 0 heterocycles. The Morgan fingerprint density at radius 2 is 1.48 bits per heavy atom. The molecule has 0 saturated heterocycles. The first-order valence-corrected chi connectivity index (χ1v) is 7.35. The summed E-state index contributed by atoms with van der Waals surface area (Å²) in [5.74, 6) is -0.326. The van der Waals surface area contributed by atoms with E-state index in [2.05, 4.69) is 19.1 Å². The maximum Gasteiger partial charge on any atom is 0.302 e. The van der Waals surface area contributed by atoms with E-state index in [1.165, 1.54) is 25.0 Å². The molecular weight excluding hydrogens is 268 g/mol. The molecular formula is C17H22O4. The van der Waals surface area contributed by atoms with E-state index < -0.39 is 0 Å². The summed E-state index contributed by atoms with van der Waals surface area (Å²) < 4.78 is 10.7. The van der Waals surface area contributed by atoms with Crippen LogP contribution in [0.5, 0.6) is 0 Å². The van der Waals surface area contributed by atoms with E-state index in [1.807, 2.05) is 12.1 Å². The zero-order valence-corrected chi connectivity index (χ0v) is 12.8. The third-order valence-corrected chi connectivity index (χ3v) is 3.91. The first-order valence-electron chi connectivity index (χ1n) is 7.35. The lowest BCUT2D eigenvalue weighted by atomic mass is 9.79. The lowest BCUT2D eigenvalue weighted by molar-refractivity contribution is -0.156. The Balaban J connectivity index is 2.17. The molecule has 21 heavy (non-hydrogen) atoms. The van der Waals surface area contributed by atoms with Gasteiger partial charge in [0.1, 0.15) is 12.2 Å². The van der Waals surface area contributed by atoms with Crippen LogP contribution in [-0.2, 0) is 19.1 Å². The molecule has 0 amide bonds. The molecule has 2 unspecified atom stereocenters. The maximum atomic E-state index is 11.2. The molecule has 1 aliphatic carbocycles. The summed E-state index contributed by atoms with van der Waals surface area (Å²) in [6.07, 6.45) is 1.77. The van der Waals surface area contributed by atoms with Crippen molar-refractivity contribution in [3.8, 4) is 0 Å². The largest absolute Gasteiger partial charge is 0.462 e. The van der Waals surface area contributed by atoms with Crippen molar-refractivity contribution >= 4 is 11.9 Å². The van der Waals surface area contributed by atoms with Gasteiger partial charge in [-0.3, -0.25) is 9.59 Å². The van der Waals surface area contributed by atoms with E-state index in [-0.39, 0.29) is 30.1 Å². The monoisotopic (exact) mass is 290 g/mol. The van der Waals surface area contributed by atoms with Crippen LogP contribution in [0.1, 0.15) is 50.2 Å². The van der Waals surface area contributed by atoms with Gasteiger partial charge in [-0.2, -0.15) is 0 Å². The van der Waals surface area contributed by atoms with Crippen LogP contribution in [0.15, 0.2) is 24.3 Å². The van der Waals surface area contributed by atoms with E-state index in [1.54, 1.807) is 0 Å². The molecule has 1 aromatic carbocycles. The average Bonchev–Trinajstić information content (AvgIpc) is 2.37. The molecule has 2 rings (SSSR count). The molecule has 0 radical (unpaired) electrons. The normalized spacial score (nSPS) is 25.2. The fourth-order valence-electron chi connectivity index (χ4n) is 3.18. The third-order valence-electron chi connectivity index (χ3n) is 3.91. The highest BCUT2D eigenvalue weighted by atomic mass is 16.6. The molecule has 0 bridgehead atoms. The van der Waals surface area contributed by atoms with E-state index in [0.29, 0.717) is 6.42 Å². The predicted octanol–water partition coefficient (Wildman–Crippen LogP) is 3.13. The highest BCUT2D eigenvalue weighted by Gasteiger charge is 2.33. The van der Waals surface area contributed by atoms with Gasteiger partial charge in [0.2, 0.25) is 0 Å². The number of esters is 2. The summed E-state index contributed by atoms with van der Waals surface area (Å²) in [5.41, 5.74) is 2.46. The standard InChI is InChI=1S/C17H22O4/c1-11-6-4-5-7-17(11)14-8-15(20-12(2)18)10-16(9-14)21-13(3)19/h4-7,14-16H,8-10H2,1-3H3. The second-order valence-corrected chi connectivity index (χ2v) is 5.72. The van der Waals surface area contributed by atoms with Crippen LogP contribution in [0.25, 0.3) is 0 Å². The number of ether oxygens (including phenoxy) is 2. The molecule has 0 N–H and O–H groups in total. The van der Waals surface area contributed by atoms with Gasteiger partial charge in [0.05, 0.1) is 0 Å². The SMILES string of the molecule is CC(=O)OC1CC(OC(C)=O)CC(c2ccccc2C)C1. The highest BCUT2D eigenvalue weighted by molar-refractivity contribution is 5.66. The molecule has 1 aliphatic rings. The topological polar surface area (TPSA) is 52.6 Å². The summed E-state index contributed by atoms with van der Waals surface area (Å²) in [5, 5.41) is 0. The zero-order valence-electron chi connectivity index (χ0n) is 12.8. The molecule has 4 nitrogen and oxygen atoms in total. The van der Waals surface area contributed by atoms with Gasteiger partial charge in [-0.05, 0) is 36.8 Å². The zero-order chi connectivity index (χ0) is 15.4. The van der Waals surface area contributed by atoms with Gasteiger partial charge in [-0.25, -0.2) is 0 Å². The number of carbonyl (C=O) groups excluding carboxylic acids is 2. The van der Waals surface area contributed by atoms with Crippen molar-refractivity contribution in [2.24, 2.45) is 0 Å². The molecule has 2 atom stereocenters. The quantitative estimate of drug-likeness (QED) is 0.803. The van der Waals surface area contributed by atoms with Gasteiger partial charge in [0.25, 0.3) is 0 Å². The van der Waals surface area contributed by atoms with Crippen molar-refractivity contribution in [3.05, 3.63) is 35.4 Å². The fourth-order valence-corrected chi connectivity index (χ4v) is 3.18. The second kappa shape index (κ2) is 6.74. The van der Waals surface area contributed by atoms with Crippen LogP contribution >= 0.6 is 0 Å². The number of aryl methyl sites for hydroxylation is 1. The predicted molar refractivity (Wildman–Crippen MR) is 78.9 cm³/mol. The van der Waals surface area contributed by atoms with Gasteiger partial charge in [-0.15, -0.1) is 0 Å². The van der Waals surface area contributed by atoms with Crippen LogP contribution in [0.2, 0.25) is 0 Å². The van der Waals surface area contributed by atoms with Crippen LogP contribution < -0.4 is 0 Å². The van der Waals surface area contributed by atoms with Crippen molar-refractivity contribution in [1.29, 1.82) is 0 Å². The Kier molecular flexibility index (Phi) is 4.99. The smallest absolute Gasteiger partial charge is 0.302 e. The van der Waals surface area contributed by atoms with Gasteiger partial charge in [-0.1, -0.05) is 24.3 Å². The summed E-state index contributed by atoms with van der Waals surface area (Å²) >= 11 is 0. The van der Waals surface area contributed by atoms with E-state index in [0.717, 1.165) is 12.8 Å². The van der Waals surface area contributed by atoms with Crippen molar-refractivity contribution in [2.75, 3.05) is 0 Å². The van der Waals surface area contributed by atoms with Crippen LogP contribution in [0, 0.1) is 6.92 Å². The van der Waals surface area contributed by atoms with Gasteiger partial charge < -0.3 is 9.47 Å². The number of carbonyl (C=O) groups is 2. The Hall–Kier alpha value is -1.84. The highest BCUT2D eigenvalue weighted by Crippen LogP contribution is 2.37. The molecule has 0 aliphatic heterocycles. The second-order valence-electron chi connectivity index (χ2n) is 5.72. The van der Waals surface area contributed by atoms with Gasteiger partial charge >= 0.3 is 11.9 Å². The lowest BCUT2D eigenvalue weighted by Crippen LogP contribution is -2.34. The molecule has 4 heteroatoms. The fraction of sp³-hybridized carbons (Fsp3) is 0.529. The number of hydrogen-bond donors (Lipinski definition) is 0. The first kappa shape index (κ1) is 15.5. The summed E-state index contributed by atoms with van der Waals surface area (Å²) in [6, 6.07) is 8.19. The Morgan fingerprint density at radius 1 is 0.952 bits per heavy atom. The Bertz CT molecular complexity index is 499. The Morgan fingerprint density at radius 3 is 1.95 bits per heavy atom. The minimum Gasteiger partial charge on any atom is -0.462 e. The minimum absolute atomic E-state index is 0.190.